The van der Waals surface area contributed by atoms with Crippen LogP contribution in [0.3, 0.4) is 0 Å². The Morgan fingerprint density at radius 2 is 1.75 bits per heavy atom. The van der Waals surface area contributed by atoms with Crippen molar-refractivity contribution in [2.45, 2.75) is 31.9 Å². The number of anilines is 1. The Bertz CT molecular complexity index is 2350. The lowest BCUT2D eigenvalue weighted by molar-refractivity contribution is 0.0836. The molecule has 0 bridgehead atoms. The molecule has 0 amide bonds. The largest absolute Gasteiger partial charge is 0.490 e. The van der Waals surface area contributed by atoms with Gasteiger partial charge in [-0.05, 0) is 61.7 Å². The number of aromatic amines is 1. The normalized spacial score (nSPS) is 18.0. The number of aryl methyl sites for hydroxylation is 1. The Labute approximate surface area is 305 Å². The lowest BCUT2D eigenvalue weighted by Crippen LogP contribution is -2.54. The van der Waals surface area contributed by atoms with E-state index in [0.717, 1.165) is 66.1 Å². The van der Waals surface area contributed by atoms with Crippen molar-refractivity contribution in [2.75, 3.05) is 30.3 Å². The second-order valence-corrected chi connectivity index (χ2v) is 15.0. The van der Waals surface area contributed by atoms with E-state index in [2.05, 4.69) is 20.0 Å². The number of ether oxygens (including phenoxy) is 2. The molecule has 2 fully saturated rings. The van der Waals surface area contributed by atoms with Gasteiger partial charge in [0.15, 0.2) is 11.6 Å². The number of nitrogen functional groups attached to an aromatic ring is 1. The number of fused-ring (bicyclic) bond motifs is 1. The molecule has 6 aromatic rings. The summed E-state index contributed by atoms with van der Waals surface area (Å²) in [5.41, 5.74) is 10.3. The number of benzene rings is 3. The number of piperidine rings is 1. The van der Waals surface area contributed by atoms with Gasteiger partial charge in [-0.3, -0.25) is 13.9 Å². The number of aromatic nitrogens is 4. The number of hydrogen-bond donors (Lipinski definition) is 2. The quantitative estimate of drug-likeness (QED) is 0.149. The standard InChI is InChI=1S/C38H33ClF2N6O4S/c1-21-13-35(51-37-29(40)7-4-8-30(37)41)43-18-33(21)47-38(42)27(17-44-47)36(48)32-14-22-15-34(26(16-31(22)45-32)25-5-2-3-6-28(25)39)50-24-9-11-46(12-10-24)23-19-52(49)20-23/h2-8,13-18,23-24,45H,9-12,19-20,42H2,1H3. The van der Waals surface area contributed by atoms with Gasteiger partial charge in [-0.15, -0.1) is 0 Å². The molecule has 0 atom stereocenters. The summed E-state index contributed by atoms with van der Waals surface area (Å²) in [5.74, 6) is -0.411. The van der Waals surface area contributed by atoms with Crippen molar-refractivity contribution in [3.8, 4) is 34.2 Å². The molecule has 0 unspecified atom stereocenters. The van der Waals surface area contributed by atoms with E-state index in [0.29, 0.717) is 39.3 Å². The molecule has 52 heavy (non-hydrogen) atoms. The summed E-state index contributed by atoms with van der Waals surface area (Å²) < 4.78 is 53.3. The van der Waals surface area contributed by atoms with Gasteiger partial charge < -0.3 is 20.2 Å². The summed E-state index contributed by atoms with van der Waals surface area (Å²) >= 11 is 6.67. The molecule has 0 radical (unpaired) electrons. The Morgan fingerprint density at radius 3 is 2.46 bits per heavy atom. The van der Waals surface area contributed by atoms with E-state index >= 15 is 0 Å². The fraction of sp³-hybridized carbons (Fsp3) is 0.237. The Balaban J connectivity index is 1.06. The highest BCUT2D eigenvalue weighted by Gasteiger charge is 2.34. The summed E-state index contributed by atoms with van der Waals surface area (Å²) in [6.07, 6.45) is 4.47. The number of rotatable bonds is 9. The topological polar surface area (TPSA) is 128 Å². The maximum absolute atomic E-state index is 14.1. The molecule has 3 N–H and O–H groups in total. The lowest BCUT2D eigenvalue weighted by Gasteiger charge is -2.41. The van der Waals surface area contributed by atoms with Crippen LogP contribution in [0.25, 0.3) is 27.7 Å². The molecule has 3 aromatic heterocycles. The summed E-state index contributed by atoms with van der Waals surface area (Å²) in [7, 11) is -0.686. The highest BCUT2D eigenvalue weighted by molar-refractivity contribution is 7.86. The first-order chi connectivity index (χ1) is 25.1. The number of halogens is 3. The fourth-order valence-electron chi connectivity index (χ4n) is 6.75. The van der Waals surface area contributed by atoms with Gasteiger partial charge in [0.05, 0.1) is 29.3 Å². The van der Waals surface area contributed by atoms with Gasteiger partial charge in [-0.1, -0.05) is 35.9 Å². The number of pyridine rings is 1. The van der Waals surface area contributed by atoms with Crippen LogP contribution in [0, 0.1) is 18.6 Å². The number of H-pyrrole nitrogens is 1. The first-order valence-electron chi connectivity index (χ1n) is 16.8. The van der Waals surface area contributed by atoms with Gasteiger partial charge in [0, 0.05) is 74.6 Å². The maximum atomic E-state index is 14.1. The molecule has 2 aliphatic rings. The number of nitrogens with two attached hydrogens (primary N) is 1. The van der Waals surface area contributed by atoms with E-state index in [1.54, 1.807) is 13.0 Å². The van der Waals surface area contributed by atoms with Crippen LogP contribution in [0.5, 0.6) is 17.4 Å². The van der Waals surface area contributed by atoms with Crippen molar-refractivity contribution in [3.05, 3.63) is 113 Å². The van der Waals surface area contributed by atoms with Crippen LogP contribution in [0.4, 0.5) is 14.6 Å². The van der Waals surface area contributed by atoms with Crippen molar-refractivity contribution in [2.24, 2.45) is 0 Å². The average molecular weight is 743 g/mol. The molecule has 2 aliphatic heterocycles. The molecular formula is C38H33ClF2N6O4S. The molecular weight excluding hydrogens is 710 g/mol. The van der Waals surface area contributed by atoms with Gasteiger partial charge in [0.25, 0.3) is 0 Å². The van der Waals surface area contributed by atoms with Crippen LogP contribution in [0.15, 0.2) is 79.1 Å². The predicted octanol–water partition coefficient (Wildman–Crippen LogP) is 7.24. The van der Waals surface area contributed by atoms with Crippen LogP contribution in [-0.4, -0.2) is 71.4 Å². The molecule has 14 heteroatoms. The van der Waals surface area contributed by atoms with Crippen molar-refractivity contribution in [1.82, 2.24) is 24.6 Å². The zero-order chi connectivity index (χ0) is 36.1. The number of ketones is 1. The first-order valence-corrected chi connectivity index (χ1v) is 18.6. The average Bonchev–Trinajstić information content (AvgIpc) is 3.71. The van der Waals surface area contributed by atoms with Crippen LogP contribution in [0.2, 0.25) is 5.02 Å². The number of likely N-dealkylation sites (tertiary alicyclic amines) is 1. The molecule has 3 aromatic carbocycles. The number of hydrogen-bond acceptors (Lipinski definition) is 8. The Morgan fingerprint density at radius 1 is 1.00 bits per heavy atom. The fourth-order valence-corrected chi connectivity index (χ4v) is 8.17. The van der Waals surface area contributed by atoms with E-state index in [9.17, 15) is 17.8 Å². The second-order valence-electron chi connectivity index (χ2n) is 13.0. The molecule has 266 valence electrons. The van der Waals surface area contributed by atoms with Gasteiger partial charge in [0.1, 0.15) is 17.7 Å². The van der Waals surface area contributed by atoms with Crippen molar-refractivity contribution < 1.29 is 27.3 Å². The van der Waals surface area contributed by atoms with Crippen molar-refractivity contribution in [1.29, 1.82) is 0 Å². The minimum Gasteiger partial charge on any atom is -0.490 e. The SMILES string of the molecule is Cc1cc(Oc2c(F)cccc2F)ncc1-n1ncc(C(=O)c2cc3cc(OC4CCN(C5CS(=O)C5)CC4)c(-c4ccccc4Cl)cc3[nH]2)c1N. The van der Waals surface area contributed by atoms with E-state index in [1.807, 2.05) is 36.4 Å². The molecule has 8 rings (SSSR count). The zero-order valence-electron chi connectivity index (χ0n) is 27.9. The molecule has 0 aliphatic carbocycles. The molecule has 5 heterocycles. The monoisotopic (exact) mass is 742 g/mol. The Hall–Kier alpha value is -5.11. The number of nitrogens with one attached hydrogen (secondary N) is 1. The maximum Gasteiger partial charge on any atom is 0.219 e. The van der Waals surface area contributed by atoms with Gasteiger partial charge in [-0.2, -0.15) is 5.10 Å². The highest BCUT2D eigenvalue weighted by atomic mass is 35.5. The molecule has 0 spiro atoms. The first kappa shape index (κ1) is 34.0. The van der Waals surface area contributed by atoms with Gasteiger partial charge in [0.2, 0.25) is 17.4 Å². The lowest BCUT2D eigenvalue weighted by atomic mass is 10.0. The summed E-state index contributed by atoms with van der Waals surface area (Å²) in [6.45, 7) is 3.50. The van der Waals surface area contributed by atoms with E-state index in [4.69, 9.17) is 26.8 Å². The molecule has 10 nitrogen and oxygen atoms in total. The van der Waals surface area contributed by atoms with E-state index in [-0.39, 0.29) is 29.1 Å². The highest BCUT2D eigenvalue weighted by Crippen LogP contribution is 2.40. The second kappa shape index (κ2) is 13.8. The number of para-hydroxylation sites is 1. The van der Waals surface area contributed by atoms with Crippen molar-refractivity contribution >= 4 is 44.9 Å². The zero-order valence-corrected chi connectivity index (χ0v) is 29.5. The minimum absolute atomic E-state index is 0.00885. The summed E-state index contributed by atoms with van der Waals surface area (Å²) in [4.78, 5) is 23.7. The van der Waals surface area contributed by atoms with Crippen LogP contribution in [0.1, 0.15) is 34.5 Å². The van der Waals surface area contributed by atoms with Crippen LogP contribution >= 0.6 is 11.6 Å². The van der Waals surface area contributed by atoms with Gasteiger partial charge in [-0.25, -0.2) is 18.4 Å². The summed E-state index contributed by atoms with van der Waals surface area (Å²) in [5, 5.41) is 5.71. The molecule has 0 saturated carbocycles. The smallest absolute Gasteiger partial charge is 0.219 e. The van der Waals surface area contributed by atoms with E-state index in [1.165, 1.54) is 29.2 Å². The third-order valence-electron chi connectivity index (χ3n) is 9.64. The number of nitrogens with zero attached hydrogens (tertiary/aromatic N) is 4. The number of carbonyl (C=O) groups excluding carboxylic acids is 1. The van der Waals surface area contributed by atoms with Crippen LogP contribution < -0.4 is 15.2 Å². The van der Waals surface area contributed by atoms with Crippen LogP contribution in [-0.2, 0) is 10.8 Å². The third kappa shape index (κ3) is 6.44. The molecule has 2 saturated heterocycles. The van der Waals surface area contributed by atoms with Crippen molar-refractivity contribution in [3.63, 3.8) is 0 Å². The minimum atomic E-state index is -0.857. The predicted molar refractivity (Wildman–Crippen MR) is 196 cm³/mol. The third-order valence-corrected chi connectivity index (χ3v) is 11.5. The Kier molecular flexibility index (Phi) is 9.02. The number of carbonyl (C=O) groups is 1. The van der Waals surface area contributed by atoms with E-state index < -0.39 is 28.2 Å². The summed E-state index contributed by atoms with van der Waals surface area (Å²) in [6, 6.07) is 18.5. The van der Waals surface area contributed by atoms with Gasteiger partial charge >= 0.3 is 0 Å².